The predicted octanol–water partition coefficient (Wildman–Crippen LogP) is 2.42. The summed E-state index contributed by atoms with van der Waals surface area (Å²) in [7, 11) is 0. The van der Waals surface area contributed by atoms with Crippen LogP contribution in [0.15, 0.2) is 18.2 Å². The van der Waals surface area contributed by atoms with Crippen LogP contribution in [0.3, 0.4) is 0 Å². The third-order valence-corrected chi connectivity index (χ3v) is 5.91. The summed E-state index contributed by atoms with van der Waals surface area (Å²) in [6, 6.07) is 2.97. The van der Waals surface area contributed by atoms with Crippen molar-refractivity contribution in [2.24, 2.45) is 17.3 Å². The Morgan fingerprint density at radius 1 is 1.15 bits per heavy atom. The minimum atomic E-state index is -1.19. The molecule has 9 nitrogen and oxygen atoms in total. The van der Waals surface area contributed by atoms with E-state index in [1.165, 1.54) is 0 Å². The van der Waals surface area contributed by atoms with Crippen LogP contribution in [0.4, 0.5) is 11.4 Å². The van der Waals surface area contributed by atoms with Crippen molar-refractivity contribution in [2.45, 2.75) is 45.3 Å². The lowest BCUT2D eigenvalue weighted by atomic mass is 9.83. The monoisotopic (exact) mass is 366 g/mol. The van der Waals surface area contributed by atoms with Gasteiger partial charge in [-0.2, -0.15) is 0 Å². The van der Waals surface area contributed by atoms with Crippen LogP contribution in [-0.2, 0) is 4.74 Å². The van der Waals surface area contributed by atoms with Crippen LogP contribution >= 0.6 is 0 Å². The van der Waals surface area contributed by atoms with Crippen molar-refractivity contribution in [3.8, 4) is 0 Å². The van der Waals surface area contributed by atoms with E-state index < -0.39 is 28.6 Å². The molecule has 0 heterocycles. The molecule has 3 rings (SSSR count). The Morgan fingerprint density at radius 2 is 1.77 bits per heavy atom. The number of rotatable bonds is 4. The minimum absolute atomic E-state index is 0.0954. The van der Waals surface area contributed by atoms with E-state index in [2.05, 4.69) is 13.8 Å². The summed E-state index contributed by atoms with van der Waals surface area (Å²) >= 11 is 0. The Labute approximate surface area is 150 Å². The van der Waals surface area contributed by atoms with Crippen LogP contribution in [0.5, 0.6) is 0 Å². The van der Waals surface area contributed by atoms with Crippen LogP contribution in [0.25, 0.3) is 0 Å². The van der Waals surface area contributed by atoms with Gasteiger partial charge in [0.15, 0.2) is 0 Å². The van der Waals surface area contributed by atoms with Crippen molar-refractivity contribution in [1.29, 1.82) is 0 Å². The maximum atomic E-state index is 12.5. The molecular weight excluding hydrogens is 344 g/mol. The second kappa shape index (κ2) is 6.07. The van der Waals surface area contributed by atoms with Gasteiger partial charge in [0.25, 0.3) is 0 Å². The van der Waals surface area contributed by atoms with Crippen molar-refractivity contribution in [1.82, 2.24) is 0 Å². The highest BCUT2D eigenvalue weighted by Crippen LogP contribution is 2.66. The fraction of sp³-hybridized carbons (Fsp3) is 0.588. The van der Waals surface area contributed by atoms with Crippen molar-refractivity contribution in [3.63, 3.8) is 0 Å². The van der Waals surface area contributed by atoms with E-state index in [4.69, 9.17) is 15.2 Å². The van der Waals surface area contributed by atoms with Crippen molar-refractivity contribution in [2.75, 3.05) is 10.5 Å². The van der Waals surface area contributed by atoms with E-state index >= 15 is 0 Å². The molecule has 2 saturated carbocycles. The van der Waals surface area contributed by atoms with Crippen molar-refractivity contribution >= 4 is 17.3 Å². The van der Waals surface area contributed by atoms with Crippen LogP contribution in [0.2, 0.25) is 0 Å². The van der Waals surface area contributed by atoms with Crippen LogP contribution in [0, 0.1) is 27.7 Å². The molecule has 1 aromatic carbocycles. The van der Waals surface area contributed by atoms with Gasteiger partial charge in [-0.05, 0) is 55.2 Å². The number of fused-ring (bicyclic) bond motifs is 1. The molecule has 144 valence electrons. The zero-order chi connectivity index (χ0) is 19.4. The third-order valence-electron chi connectivity index (χ3n) is 5.91. The lowest BCUT2D eigenvalue weighted by molar-refractivity contribution is -0.0986. The number of hydrogen-bond donors (Lipinski definition) is 3. The molecule has 2 aliphatic carbocycles. The topological polar surface area (TPSA) is 140 Å². The molecule has 0 amide bonds. The molecule has 0 aromatic heterocycles. The first-order valence-electron chi connectivity index (χ1n) is 8.34. The van der Waals surface area contributed by atoms with E-state index in [1.54, 1.807) is 6.92 Å². The quantitative estimate of drug-likeness (QED) is 0.541. The van der Waals surface area contributed by atoms with Gasteiger partial charge in [0.1, 0.15) is 6.10 Å². The summed E-state index contributed by atoms with van der Waals surface area (Å²) in [4.78, 5) is 12.5. The highest BCUT2D eigenvalue weighted by atomic mass is 16.8. The molecule has 26 heavy (non-hydrogen) atoms. The molecule has 2 aliphatic rings. The highest BCUT2D eigenvalue weighted by Gasteiger charge is 2.64. The SMILES string of the molecule is CC1(C)[C@H]2C[C@@H](OC(=O)c3cc(N([O-])[O-])cc(N(O)O)c3)[C@@](C)(O)C[C@@H]21. The highest BCUT2D eigenvalue weighted by molar-refractivity contribution is 5.92. The molecule has 0 unspecified atom stereocenters. The predicted molar refractivity (Wildman–Crippen MR) is 91.5 cm³/mol. The summed E-state index contributed by atoms with van der Waals surface area (Å²) in [5.74, 6) is -0.125. The number of benzene rings is 1. The molecule has 0 aliphatic heterocycles. The van der Waals surface area contributed by atoms with E-state index in [0.717, 1.165) is 18.2 Å². The lowest BCUT2D eigenvalue weighted by Crippen LogP contribution is -2.45. The molecule has 4 atom stereocenters. The maximum Gasteiger partial charge on any atom is 0.338 e. The minimum Gasteiger partial charge on any atom is -0.769 e. The number of ether oxygens (including phenoxy) is 1. The fourth-order valence-electron chi connectivity index (χ4n) is 4.10. The van der Waals surface area contributed by atoms with Crippen molar-refractivity contribution < 1.29 is 25.1 Å². The number of esters is 1. The molecule has 1 aromatic rings. The molecule has 0 bridgehead atoms. The first kappa shape index (κ1) is 18.9. The summed E-state index contributed by atoms with van der Waals surface area (Å²) in [5.41, 5.74) is -2.12. The number of hydrogen-bond acceptors (Lipinski definition) is 9. The van der Waals surface area contributed by atoms with Gasteiger partial charge < -0.3 is 25.5 Å². The Kier molecular flexibility index (Phi) is 4.40. The van der Waals surface area contributed by atoms with E-state index in [-0.39, 0.29) is 21.9 Å². The fourth-order valence-corrected chi connectivity index (χ4v) is 4.10. The van der Waals surface area contributed by atoms with Gasteiger partial charge in [0.05, 0.1) is 16.9 Å². The number of carbonyl (C=O) groups is 1. The molecular formula is C17H22N2O7-2. The van der Waals surface area contributed by atoms with Gasteiger partial charge in [-0.3, -0.25) is 10.4 Å². The Balaban J connectivity index is 1.81. The standard InChI is InChI=1S/C17H22N2O7/c1-16(2)12-7-14(17(3,21)8-13(12)16)26-15(20)9-4-10(18(22)23)6-11(5-9)19(24)25/h4-6,12-14,21-23H,7-8H2,1-3H3/q-2/t12-,13-,14+,17-/m0/s1. The number of nitrogens with zero attached hydrogens (tertiary/aromatic N) is 2. The smallest absolute Gasteiger partial charge is 0.338 e. The Bertz CT molecular complexity index is 691. The van der Waals surface area contributed by atoms with Gasteiger partial charge in [0.2, 0.25) is 0 Å². The summed E-state index contributed by atoms with van der Waals surface area (Å²) in [6.07, 6.45) is 0.300. The van der Waals surface area contributed by atoms with Gasteiger partial charge >= 0.3 is 5.97 Å². The lowest BCUT2D eigenvalue weighted by Gasteiger charge is -2.38. The van der Waals surface area contributed by atoms with Gasteiger partial charge in [0, 0.05) is 5.69 Å². The number of anilines is 2. The normalized spacial score (nSPS) is 31.8. The molecule has 0 saturated heterocycles. The number of carbonyl (C=O) groups excluding carboxylic acids is 1. The summed E-state index contributed by atoms with van der Waals surface area (Å²) in [6.45, 7) is 5.86. The molecule has 3 N–H and O–H groups in total. The summed E-state index contributed by atoms with van der Waals surface area (Å²) < 4.78 is 5.46. The zero-order valence-electron chi connectivity index (χ0n) is 14.7. The first-order chi connectivity index (χ1) is 11.9. The summed E-state index contributed by atoms with van der Waals surface area (Å²) in [5, 5.41) is 49.8. The Hall–Kier alpha value is -1.91. The van der Waals surface area contributed by atoms with E-state index in [1.807, 2.05) is 0 Å². The average molecular weight is 366 g/mol. The first-order valence-corrected chi connectivity index (χ1v) is 8.34. The van der Waals surface area contributed by atoms with Crippen LogP contribution in [0.1, 0.15) is 44.0 Å². The maximum absolute atomic E-state index is 12.5. The van der Waals surface area contributed by atoms with Gasteiger partial charge in [-0.25, -0.2) is 4.79 Å². The zero-order valence-corrected chi connectivity index (χ0v) is 14.7. The van der Waals surface area contributed by atoms with Gasteiger partial charge in [-0.1, -0.05) is 13.8 Å². The molecule has 0 radical (unpaired) electrons. The second-order valence-corrected chi connectivity index (χ2v) is 8.01. The largest absolute Gasteiger partial charge is 0.769 e. The van der Waals surface area contributed by atoms with Crippen molar-refractivity contribution in [3.05, 3.63) is 34.2 Å². The molecule has 0 spiro atoms. The third kappa shape index (κ3) is 3.24. The van der Waals surface area contributed by atoms with E-state index in [9.17, 15) is 20.3 Å². The van der Waals surface area contributed by atoms with Crippen LogP contribution in [-0.4, -0.2) is 33.2 Å². The second-order valence-electron chi connectivity index (χ2n) is 8.01. The van der Waals surface area contributed by atoms with Crippen LogP contribution < -0.4 is 10.5 Å². The molecule has 9 heteroatoms. The average Bonchev–Trinajstić information content (AvgIpc) is 3.05. The molecule has 2 fully saturated rings. The number of aliphatic hydroxyl groups is 1. The Morgan fingerprint density at radius 3 is 2.35 bits per heavy atom. The van der Waals surface area contributed by atoms with E-state index in [0.29, 0.717) is 24.7 Å². The van der Waals surface area contributed by atoms with Gasteiger partial charge in [-0.15, -0.1) is 5.23 Å².